The highest BCUT2D eigenvalue weighted by Gasteiger charge is 2.42. The van der Waals surface area contributed by atoms with E-state index < -0.39 is 0 Å². The third-order valence-corrected chi connectivity index (χ3v) is 12.4. The molecular formula is C50H51N3O+2. The van der Waals surface area contributed by atoms with E-state index in [0.29, 0.717) is 23.5 Å². The fraction of sp³-hybridized carbons (Fsp3) is 0.300. The lowest BCUT2D eigenvalue weighted by molar-refractivity contribution is -0.719. The van der Waals surface area contributed by atoms with Gasteiger partial charge in [-0.1, -0.05) is 83.1 Å². The van der Waals surface area contributed by atoms with E-state index in [4.69, 9.17) is 16.0 Å². The molecule has 0 fully saturated rings. The van der Waals surface area contributed by atoms with Gasteiger partial charge in [-0.15, -0.1) is 0 Å². The predicted octanol–water partition coefficient (Wildman–Crippen LogP) is 12.1. The topological polar surface area (TPSA) is 33.8 Å². The molecule has 0 N–H and O–H groups in total. The smallest absolute Gasteiger partial charge is 0.227 e. The molecule has 0 bridgehead atoms. The summed E-state index contributed by atoms with van der Waals surface area (Å²) < 4.78 is 12.0. The number of allylic oxidation sites excluding steroid dienone is 1. The number of aryl methyl sites for hydroxylation is 4. The van der Waals surface area contributed by atoms with Crippen LogP contribution in [0.3, 0.4) is 0 Å². The van der Waals surface area contributed by atoms with Crippen molar-refractivity contribution in [3.05, 3.63) is 143 Å². The van der Waals surface area contributed by atoms with E-state index in [9.17, 15) is 0 Å². The minimum atomic E-state index is 0.282. The highest BCUT2D eigenvalue weighted by atomic mass is 16.3. The van der Waals surface area contributed by atoms with E-state index in [1.54, 1.807) is 0 Å². The molecule has 4 heteroatoms. The molecule has 2 aliphatic heterocycles. The number of nitrogens with zero attached hydrogens (tertiary/aromatic N) is 3. The van der Waals surface area contributed by atoms with Gasteiger partial charge in [0.2, 0.25) is 17.1 Å². The van der Waals surface area contributed by atoms with Crippen molar-refractivity contribution >= 4 is 27.8 Å². The van der Waals surface area contributed by atoms with E-state index in [0.717, 1.165) is 64.7 Å². The van der Waals surface area contributed by atoms with Crippen LogP contribution in [-0.4, -0.2) is 4.98 Å². The molecule has 0 spiro atoms. The first-order chi connectivity index (χ1) is 26.1. The number of benzene rings is 3. The van der Waals surface area contributed by atoms with E-state index in [1.165, 1.54) is 55.8 Å². The van der Waals surface area contributed by atoms with Crippen LogP contribution < -0.4 is 9.13 Å². The Morgan fingerprint density at radius 1 is 0.815 bits per heavy atom. The van der Waals surface area contributed by atoms with Crippen LogP contribution in [0.15, 0.2) is 108 Å². The monoisotopic (exact) mass is 709 g/mol. The molecule has 3 aromatic carbocycles. The maximum Gasteiger partial charge on any atom is 0.227 e. The Balaban J connectivity index is 1.27. The molecule has 7 aromatic rings. The first kappa shape index (κ1) is 34.4. The summed E-state index contributed by atoms with van der Waals surface area (Å²) in [5.74, 6) is 1.05. The Bertz CT molecular complexity index is 2610. The minimum Gasteiger partial charge on any atom is -0.437 e. The van der Waals surface area contributed by atoms with Gasteiger partial charge in [0.25, 0.3) is 0 Å². The maximum absolute atomic E-state index is 7.04. The Kier molecular flexibility index (Phi) is 8.41. The van der Waals surface area contributed by atoms with Gasteiger partial charge in [0.05, 0.1) is 17.2 Å². The Hall–Kier alpha value is -5.35. The lowest BCUT2D eigenvalue weighted by Crippen LogP contribution is -2.49. The van der Waals surface area contributed by atoms with Crippen LogP contribution in [0, 0.1) is 13.8 Å². The van der Waals surface area contributed by atoms with E-state index in [-0.39, 0.29) is 6.04 Å². The van der Waals surface area contributed by atoms with E-state index in [2.05, 4.69) is 155 Å². The molecule has 0 radical (unpaired) electrons. The molecule has 2 aliphatic rings. The summed E-state index contributed by atoms with van der Waals surface area (Å²) in [4.78, 5) is 5.32. The molecule has 0 amide bonds. The summed E-state index contributed by atoms with van der Waals surface area (Å²) in [5, 5.41) is 2.16. The third kappa shape index (κ3) is 5.44. The van der Waals surface area contributed by atoms with Crippen molar-refractivity contribution in [2.45, 2.75) is 97.9 Å². The molecule has 2 unspecified atom stereocenters. The highest BCUT2D eigenvalue weighted by Crippen LogP contribution is 2.46. The predicted molar refractivity (Wildman–Crippen MR) is 222 cm³/mol. The fourth-order valence-electron chi connectivity index (χ4n) is 9.58. The lowest BCUT2D eigenvalue weighted by Gasteiger charge is -2.31. The summed E-state index contributed by atoms with van der Waals surface area (Å²) >= 11 is 0. The first-order valence-electron chi connectivity index (χ1n) is 20.0. The number of fused-ring (bicyclic) bond motifs is 13. The second kappa shape index (κ2) is 13.2. The van der Waals surface area contributed by atoms with Crippen LogP contribution in [0.2, 0.25) is 0 Å². The lowest BCUT2D eigenvalue weighted by atomic mass is 9.77. The molecule has 54 heavy (non-hydrogen) atoms. The van der Waals surface area contributed by atoms with Crippen LogP contribution in [0.25, 0.3) is 61.5 Å². The van der Waals surface area contributed by atoms with Gasteiger partial charge in [0, 0.05) is 58.0 Å². The van der Waals surface area contributed by atoms with Gasteiger partial charge in [-0.25, -0.2) is 4.98 Å². The molecule has 4 aromatic heterocycles. The molecule has 0 saturated heterocycles. The van der Waals surface area contributed by atoms with Crippen molar-refractivity contribution in [2.24, 2.45) is 0 Å². The average molecular weight is 710 g/mol. The molecule has 270 valence electrons. The van der Waals surface area contributed by atoms with Crippen LogP contribution in [0.5, 0.6) is 0 Å². The molecule has 4 nitrogen and oxygen atoms in total. The number of pyridine rings is 3. The number of furan rings is 1. The zero-order chi connectivity index (χ0) is 37.4. The Morgan fingerprint density at radius 2 is 1.57 bits per heavy atom. The third-order valence-electron chi connectivity index (χ3n) is 12.4. The summed E-state index contributed by atoms with van der Waals surface area (Å²) in [7, 11) is 0. The second-order valence-electron chi connectivity index (χ2n) is 16.4. The zero-order valence-corrected chi connectivity index (χ0v) is 32.8. The van der Waals surface area contributed by atoms with Gasteiger partial charge in [-0.2, -0.15) is 9.13 Å². The van der Waals surface area contributed by atoms with Gasteiger partial charge in [0.1, 0.15) is 0 Å². The van der Waals surface area contributed by atoms with Gasteiger partial charge < -0.3 is 4.42 Å². The highest BCUT2D eigenvalue weighted by molar-refractivity contribution is 6.09. The summed E-state index contributed by atoms with van der Waals surface area (Å²) in [6.07, 6.45) is 8.46. The van der Waals surface area contributed by atoms with Crippen LogP contribution in [0.1, 0.15) is 110 Å². The van der Waals surface area contributed by atoms with Gasteiger partial charge in [-0.3, -0.25) is 0 Å². The van der Waals surface area contributed by atoms with E-state index in [1.807, 2.05) is 0 Å². The Morgan fingerprint density at radius 3 is 2.33 bits per heavy atom. The fourth-order valence-corrected chi connectivity index (χ4v) is 9.58. The molecule has 0 aliphatic carbocycles. The number of hydrogen-bond donors (Lipinski definition) is 0. The minimum absolute atomic E-state index is 0.282. The average Bonchev–Trinajstić information content (AvgIpc) is 3.54. The molecule has 9 rings (SSSR count). The standard InChI is InChI=1S/C50H51N3O/c1-9-34-28-52-33(8)26-42-38-13-10-11-14-39(38)44-23-17-31(6)27-53(44)45(42)24-19-35-18-20-40-41-21-22-43(48-36(29(2)3)15-12-16-37(48)30(4)5)51-50(41)54-49(40)47(35)46(52)25-32(34)7/h10-18,20-23,25,27-30,42,45H,8-9,19,24,26H2,1-7H3/q+2. The van der Waals surface area contributed by atoms with Gasteiger partial charge in [0.15, 0.2) is 29.7 Å². The van der Waals surface area contributed by atoms with E-state index >= 15 is 0 Å². The Labute approximate surface area is 319 Å². The van der Waals surface area contributed by atoms with Crippen molar-refractivity contribution in [1.29, 1.82) is 0 Å². The SMILES string of the molecule is C=C1CC2c3ccccc3-c3ccc(C)c[n+]3C2CCc2ccc3c(oc4nc(-c5c(C(C)C)cccc5C(C)C)ccc43)c2-c2cc(C)c(CC)c[n+]21. The van der Waals surface area contributed by atoms with Crippen molar-refractivity contribution in [1.82, 2.24) is 4.98 Å². The first-order valence-corrected chi connectivity index (χ1v) is 20.0. The molecular weight excluding hydrogens is 659 g/mol. The molecule has 2 atom stereocenters. The largest absolute Gasteiger partial charge is 0.437 e. The van der Waals surface area contributed by atoms with Crippen LogP contribution in [-0.2, 0) is 12.8 Å². The molecule has 0 saturated carbocycles. The normalized spacial score (nSPS) is 16.6. The summed E-state index contributed by atoms with van der Waals surface area (Å²) in [6, 6.07) is 32.0. The van der Waals surface area contributed by atoms with Crippen LogP contribution in [0.4, 0.5) is 0 Å². The van der Waals surface area contributed by atoms with Crippen LogP contribution >= 0.6 is 0 Å². The molecule has 6 heterocycles. The van der Waals surface area contributed by atoms with Gasteiger partial charge in [-0.05, 0) is 97.2 Å². The number of aromatic nitrogens is 3. The maximum atomic E-state index is 7.04. The van der Waals surface area contributed by atoms with Crippen molar-refractivity contribution < 1.29 is 13.6 Å². The number of hydrogen-bond acceptors (Lipinski definition) is 2. The summed E-state index contributed by atoms with van der Waals surface area (Å²) in [6.45, 7) is 20.7. The van der Waals surface area contributed by atoms with Crippen molar-refractivity contribution in [3.8, 4) is 33.8 Å². The van der Waals surface area contributed by atoms with Crippen molar-refractivity contribution in [3.63, 3.8) is 0 Å². The number of rotatable bonds is 4. The quantitative estimate of drug-likeness (QED) is 0.171. The zero-order valence-electron chi connectivity index (χ0n) is 32.8. The van der Waals surface area contributed by atoms with Gasteiger partial charge >= 0.3 is 0 Å². The summed E-state index contributed by atoms with van der Waals surface area (Å²) in [5.41, 5.74) is 19.1. The van der Waals surface area contributed by atoms with Crippen molar-refractivity contribution in [2.75, 3.05) is 0 Å². The second-order valence-corrected chi connectivity index (χ2v) is 16.4.